The molecule has 2 aliphatic rings. The highest BCUT2D eigenvalue weighted by atomic mass is 19.4. The van der Waals surface area contributed by atoms with Gasteiger partial charge in [0.1, 0.15) is 12.4 Å². The molecule has 8 nitrogen and oxygen atoms in total. The van der Waals surface area contributed by atoms with Crippen molar-refractivity contribution in [1.82, 2.24) is 9.88 Å². The zero-order valence-electron chi connectivity index (χ0n) is 22.2. The number of rotatable bonds is 7. The largest absolute Gasteiger partial charge is 0.475 e. The minimum Gasteiger partial charge on any atom is -0.475 e. The van der Waals surface area contributed by atoms with Gasteiger partial charge in [-0.2, -0.15) is 18.2 Å². The van der Waals surface area contributed by atoms with Crippen molar-refractivity contribution >= 4 is 17.5 Å². The van der Waals surface area contributed by atoms with Crippen molar-refractivity contribution in [2.75, 3.05) is 62.8 Å². The Morgan fingerprint density at radius 2 is 1.92 bits per heavy atom. The van der Waals surface area contributed by atoms with Gasteiger partial charge in [-0.05, 0) is 54.2 Å². The van der Waals surface area contributed by atoms with Crippen molar-refractivity contribution in [2.24, 2.45) is 5.92 Å². The molecule has 1 unspecified atom stereocenters. The lowest BCUT2D eigenvalue weighted by atomic mass is 10.0. The number of aliphatic hydroxyl groups excluding tert-OH is 1. The predicted octanol–water partition coefficient (Wildman–Crippen LogP) is 5.10. The maximum atomic E-state index is 12.8. The number of nitrogens with one attached hydrogen (secondary N) is 1. The molecule has 2 amide bonds. The second kappa shape index (κ2) is 13.7. The van der Waals surface area contributed by atoms with Crippen LogP contribution in [0.2, 0.25) is 0 Å². The van der Waals surface area contributed by atoms with E-state index in [1.807, 2.05) is 39.0 Å². The molecule has 210 valence electrons. The number of halogens is 3. The fourth-order valence-electron chi connectivity index (χ4n) is 4.55. The molecule has 1 aromatic carbocycles. The molecule has 0 saturated carbocycles. The molecular formula is C27H37F3N4O4. The van der Waals surface area contributed by atoms with E-state index in [2.05, 4.69) is 15.2 Å². The molecular weight excluding hydrogens is 501 g/mol. The molecule has 1 aromatic heterocycles. The zero-order valence-corrected chi connectivity index (χ0v) is 22.2. The summed E-state index contributed by atoms with van der Waals surface area (Å²) < 4.78 is 49.2. The van der Waals surface area contributed by atoms with Crippen LogP contribution in [0.15, 0.2) is 30.3 Å². The number of aryl methyl sites for hydroxylation is 1. The summed E-state index contributed by atoms with van der Waals surface area (Å²) in [5.41, 5.74) is 3.20. The van der Waals surface area contributed by atoms with Gasteiger partial charge in [-0.1, -0.05) is 19.9 Å². The number of nitrogens with zero attached hydrogens (tertiary/aromatic N) is 3. The van der Waals surface area contributed by atoms with Gasteiger partial charge in [-0.15, -0.1) is 0 Å². The fraction of sp³-hybridized carbons (Fsp3) is 0.556. The SMILES string of the molecule is CC.Cc1ccc(NC(=O)N2CCC(CC(F)(F)F)C2)cc1-c1cc(OCCO)nc(N2CCOCC2)c1. The highest BCUT2D eigenvalue weighted by molar-refractivity contribution is 5.90. The predicted molar refractivity (Wildman–Crippen MR) is 141 cm³/mol. The summed E-state index contributed by atoms with van der Waals surface area (Å²) >= 11 is 0. The Labute approximate surface area is 221 Å². The van der Waals surface area contributed by atoms with Gasteiger partial charge < -0.3 is 29.7 Å². The molecule has 2 aromatic rings. The molecule has 38 heavy (non-hydrogen) atoms. The molecule has 4 rings (SSSR count). The van der Waals surface area contributed by atoms with Crippen molar-refractivity contribution in [2.45, 2.75) is 39.8 Å². The normalized spacial score (nSPS) is 17.6. The first-order valence-electron chi connectivity index (χ1n) is 13.0. The van der Waals surface area contributed by atoms with Crippen LogP contribution < -0.4 is 15.0 Å². The first kappa shape index (κ1) is 29.5. The Morgan fingerprint density at radius 3 is 2.61 bits per heavy atom. The highest BCUT2D eigenvalue weighted by Gasteiger charge is 2.36. The van der Waals surface area contributed by atoms with Crippen molar-refractivity contribution in [3.05, 3.63) is 35.9 Å². The molecule has 1 atom stereocenters. The number of pyridine rings is 1. The molecule has 11 heteroatoms. The van der Waals surface area contributed by atoms with Crippen molar-refractivity contribution < 1.29 is 32.5 Å². The third kappa shape index (κ3) is 8.22. The summed E-state index contributed by atoms with van der Waals surface area (Å²) in [6, 6.07) is 8.82. The third-order valence-corrected chi connectivity index (χ3v) is 6.36. The van der Waals surface area contributed by atoms with Crippen LogP contribution in [0.5, 0.6) is 5.88 Å². The minimum absolute atomic E-state index is 0.0862. The molecule has 3 heterocycles. The number of amides is 2. The number of ether oxygens (including phenoxy) is 2. The number of anilines is 2. The zero-order chi connectivity index (χ0) is 27.7. The van der Waals surface area contributed by atoms with E-state index in [9.17, 15) is 23.1 Å². The van der Waals surface area contributed by atoms with Gasteiger partial charge >= 0.3 is 12.2 Å². The number of likely N-dealkylation sites (tertiary alicyclic amines) is 1. The van der Waals surface area contributed by atoms with Gasteiger partial charge in [0.25, 0.3) is 0 Å². The minimum atomic E-state index is -4.23. The summed E-state index contributed by atoms with van der Waals surface area (Å²) in [6.07, 6.45) is -4.77. The summed E-state index contributed by atoms with van der Waals surface area (Å²) in [5.74, 6) is 0.534. The van der Waals surface area contributed by atoms with E-state index in [0.717, 1.165) is 22.5 Å². The van der Waals surface area contributed by atoms with Crippen molar-refractivity contribution in [3.8, 4) is 17.0 Å². The van der Waals surface area contributed by atoms with Gasteiger partial charge in [-0.3, -0.25) is 0 Å². The highest BCUT2D eigenvalue weighted by Crippen LogP contribution is 2.33. The molecule has 2 saturated heterocycles. The Morgan fingerprint density at radius 1 is 1.18 bits per heavy atom. The quantitative estimate of drug-likeness (QED) is 0.510. The summed E-state index contributed by atoms with van der Waals surface area (Å²) in [6.45, 7) is 8.88. The number of hydrogen-bond acceptors (Lipinski definition) is 6. The number of morpholine rings is 1. The molecule has 2 aliphatic heterocycles. The van der Waals surface area contributed by atoms with Crippen LogP contribution in [0.3, 0.4) is 0 Å². The average Bonchev–Trinajstić information content (AvgIpc) is 3.37. The number of aliphatic hydroxyl groups is 1. The van der Waals surface area contributed by atoms with Crippen LogP contribution in [-0.4, -0.2) is 79.8 Å². The van der Waals surface area contributed by atoms with Gasteiger partial charge in [0.05, 0.1) is 19.8 Å². The van der Waals surface area contributed by atoms with Gasteiger partial charge in [0, 0.05) is 44.4 Å². The van der Waals surface area contributed by atoms with Crippen LogP contribution in [0.1, 0.15) is 32.3 Å². The Bertz CT molecular complexity index is 1060. The first-order chi connectivity index (χ1) is 18.2. The molecule has 0 radical (unpaired) electrons. The van der Waals surface area contributed by atoms with E-state index in [-0.39, 0.29) is 19.8 Å². The monoisotopic (exact) mass is 538 g/mol. The van der Waals surface area contributed by atoms with Gasteiger partial charge in [0.15, 0.2) is 0 Å². The number of hydrogen-bond donors (Lipinski definition) is 2. The molecule has 2 N–H and O–H groups in total. The van der Waals surface area contributed by atoms with Crippen molar-refractivity contribution in [3.63, 3.8) is 0 Å². The summed E-state index contributed by atoms with van der Waals surface area (Å²) in [5, 5.41) is 12.0. The van der Waals surface area contributed by atoms with Crippen molar-refractivity contribution in [1.29, 1.82) is 0 Å². The van der Waals surface area contributed by atoms with Gasteiger partial charge in [-0.25, -0.2) is 4.79 Å². The average molecular weight is 539 g/mol. The van der Waals surface area contributed by atoms with Crippen LogP contribution in [0.25, 0.3) is 11.1 Å². The molecule has 0 aliphatic carbocycles. The number of benzene rings is 1. The lowest BCUT2D eigenvalue weighted by Crippen LogP contribution is -2.36. The number of aromatic nitrogens is 1. The van der Waals surface area contributed by atoms with E-state index in [4.69, 9.17) is 9.47 Å². The van der Waals surface area contributed by atoms with E-state index in [0.29, 0.717) is 50.8 Å². The van der Waals surface area contributed by atoms with E-state index in [1.165, 1.54) is 4.90 Å². The fourth-order valence-corrected chi connectivity index (χ4v) is 4.55. The number of alkyl halides is 3. The lowest BCUT2D eigenvalue weighted by molar-refractivity contribution is -0.143. The lowest BCUT2D eigenvalue weighted by Gasteiger charge is -2.28. The molecule has 0 spiro atoms. The summed E-state index contributed by atoms with van der Waals surface area (Å²) in [7, 11) is 0. The van der Waals surface area contributed by atoms with E-state index in [1.54, 1.807) is 12.1 Å². The Kier molecular flexibility index (Phi) is 10.6. The summed E-state index contributed by atoms with van der Waals surface area (Å²) in [4.78, 5) is 20.9. The second-order valence-electron chi connectivity index (χ2n) is 9.10. The Hall–Kier alpha value is -3.05. The smallest absolute Gasteiger partial charge is 0.389 e. The van der Waals surface area contributed by atoms with Crippen LogP contribution in [0.4, 0.5) is 29.5 Å². The number of carbonyl (C=O) groups is 1. The molecule has 2 fully saturated rings. The standard InChI is InChI=1S/C25H31F3N4O4.C2H6/c1-17-2-3-20(29-24(34)32-5-4-18(16-32)15-25(26,27)28)14-21(17)19-12-22(31-6-9-35-10-7-31)30-23(13-19)36-11-8-33;1-2/h2-3,12-14,18,33H,4-11,15-16H2,1H3,(H,29,34);1-2H3. The number of urea groups is 1. The second-order valence-corrected chi connectivity index (χ2v) is 9.10. The maximum absolute atomic E-state index is 12.8. The third-order valence-electron chi connectivity index (χ3n) is 6.36. The van der Waals surface area contributed by atoms with E-state index >= 15 is 0 Å². The maximum Gasteiger partial charge on any atom is 0.389 e. The van der Waals surface area contributed by atoms with E-state index < -0.39 is 24.5 Å². The Balaban J connectivity index is 0.00000195. The van der Waals surface area contributed by atoms with Gasteiger partial charge in [0.2, 0.25) is 5.88 Å². The van der Waals surface area contributed by atoms with Crippen LogP contribution in [-0.2, 0) is 4.74 Å². The number of carbonyl (C=O) groups excluding carboxylic acids is 1. The van der Waals surface area contributed by atoms with Crippen LogP contribution >= 0.6 is 0 Å². The first-order valence-corrected chi connectivity index (χ1v) is 13.0. The van der Waals surface area contributed by atoms with Crippen LogP contribution in [0, 0.1) is 12.8 Å². The topological polar surface area (TPSA) is 87.2 Å². The molecule has 0 bridgehead atoms.